The van der Waals surface area contributed by atoms with Crippen molar-refractivity contribution >= 4 is 5.78 Å². The summed E-state index contributed by atoms with van der Waals surface area (Å²) in [6, 6.07) is 8.60. The Balaban J connectivity index is 1.58. The normalized spacial score (nSPS) is 29.4. The molecule has 1 heteroatoms. The summed E-state index contributed by atoms with van der Waals surface area (Å²) in [5.41, 5.74) is 2.88. The molecule has 0 aromatic heterocycles. The van der Waals surface area contributed by atoms with Crippen molar-refractivity contribution in [3.8, 4) is 0 Å². The van der Waals surface area contributed by atoms with Crippen molar-refractivity contribution in [3.63, 3.8) is 0 Å². The summed E-state index contributed by atoms with van der Waals surface area (Å²) in [6.07, 6.45) is 8.05. The molecule has 0 spiro atoms. The zero-order valence-corrected chi connectivity index (χ0v) is 11.9. The number of benzene rings is 1. The quantitative estimate of drug-likeness (QED) is 0.775. The minimum Gasteiger partial charge on any atom is -0.299 e. The SMILES string of the molecule is CCC1CCCC(C(=O)CC2Cc3ccccc32)C1. The van der Waals surface area contributed by atoms with Crippen molar-refractivity contribution in [3.05, 3.63) is 35.4 Å². The Bertz CT molecular complexity index is 463. The monoisotopic (exact) mass is 256 g/mol. The first-order valence-corrected chi connectivity index (χ1v) is 7.88. The van der Waals surface area contributed by atoms with Gasteiger partial charge in [0.25, 0.3) is 0 Å². The maximum atomic E-state index is 12.5. The molecule has 1 fully saturated rings. The number of rotatable bonds is 4. The highest BCUT2D eigenvalue weighted by molar-refractivity contribution is 5.82. The molecule has 1 nitrogen and oxygen atoms in total. The standard InChI is InChI=1S/C18H24O/c1-2-13-6-5-8-15(10-13)18(19)12-16-11-14-7-3-4-9-17(14)16/h3-4,7,9,13,15-16H,2,5-6,8,10-12H2,1H3. The molecular formula is C18H24O. The minimum atomic E-state index is 0.367. The summed E-state index contributed by atoms with van der Waals surface area (Å²) in [5, 5.41) is 0. The highest BCUT2D eigenvalue weighted by atomic mass is 16.1. The largest absolute Gasteiger partial charge is 0.299 e. The Morgan fingerprint density at radius 2 is 2.11 bits per heavy atom. The van der Waals surface area contributed by atoms with Gasteiger partial charge >= 0.3 is 0 Å². The van der Waals surface area contributed by atoms with Crippen LogP contribution < -0.4 is 0 Å². The zero-order valence-electron chi connectivity index (χ0n) is 11.9. The van der Waals surface area contributed by atoms with Crippen LogP contribution in [-0.2, 0) is 11.2 Å². The fourth-order valence-corrected chi connectivity index (χ4v) is 3.91. The van der Waals surface area contributed by atoms with Gasteiger partial charge in [0.15, 0.2) is 0 Å². The first-order valence-electron chi connectivity index (χ1n) is 7.88. The van der Waals surface area contributed by atoms with Crippen LogP contribution in [0.25, 0.3) is 0 Å². The van der Waals surface area contributed by atoms with Crippen LogP contribution in [0.5, 0.6) is 0 Å². The molecule has 1 aromatic carbocycles. The summed E-state index contributed by atoms with van der Waals surface area (Å²) in [5.74, 6) is 2.23. The molecule has 1 saturated carbocycles. The molecule has 0 saturated heterocycles. The molecule has 102 valence electrons. The summed E-state index contributed by atoms with van der Waals surface area (Å²) in [6.45, 7) is 2.26. The van der Waals surface area contributed by atoms with Gasteiger partial charge in [-0.1, -0.05) is 50.5 Å². The number of fused-ring (bicyclic) bond motifs is 1. The van der Waals surface area contributed by atoms with Crippen LogP contribution >= 0.6 is 0 Å². The number of Topliss-reactive ketones (excluding diaryl/α,β-unsaturated/α-hetero) is 1. The van der Waals surface area contributed by atoms with Gasteiger partial charge < -0.3 is 0 Å². The highest BCUT2D eigenvalue weighted by Crippen LogP contribution is 2.40. The fraction of sp³-hybridized carbons (Fsp3) is 0.611. The molecule has 0 amide bonds. The number of hydrogen-bond acceptors (Lipinski definition) is 1. The third-order valence-corrected chi connectivity index (χ3v) is 5.22. The number of hydrogen-bond donors (Lipinski definition) is 0. The molecule has 3 unspecified atom stereocenters. The zero-order chi connectivity index (χ0) is 13.2. The maximum absolute atomic E-state index is 12.5. The van der Waals surface area contributed by atoms with Crippen molar-refractivity contribution in [1.29, 1.82) is 0 Å². The molecule has 2 aliphatic carbocycles. The number of ketones is 1. The van der Waals surface area contributed by atoms with Crippen molar-refractivity contribution in [1.82, 2.24) is 0 Å². The lowest BCUT2D eigenvalue weighted by Crippen LogP contribution is -2.27. The van der Waals surface area contributed by atoms with Crippen LogP contribution in [0.3, 0.4) is 0 Å². The highest BCUT2D eigenvalue weighted by Gasteiger charge is 2.32. The van der Waals surface area contributed by atoms with Gasteiger partial charge in [-0.15, -0.1) is 0 Å². The predicted octanol–water partition coefficient (Wildman–Crippen LogP) is 4.50. The van der Waals surface area contributed by atoms with E-state index in [-0.39, 0.29) is 0 Å². The second-order valence-electron chi connectivity index (χ2n) is 6.41. The van der Waals surface area contributed by atoms with E-state index in [4.69, 9.17) is 0 Å². The van der Waals surface area contributed by atoms with E-state index in [1.807, 2.05) is 0 Å². The van der Waals surface area contributed by atoms with Gasteiger partial charge in [0.05, 0.1) is 0 Å². The van der Waals surface area contributed by atoms with Crippen molar-refractivity contribution in [2.24, 2.45) is 11.8 Å². The van der Waals surface area contributed by atoms with Crippen LogP contribution in [0.2, 0.25) is 0 Å². The molecule has 2 aliphatic rings. The van der Waals surface area contributed by atoms with Gasteiger partial charge in [0.2, 0.25) is 0 Å². The van der Waals surface area contributed by atoms with Gasteiger partial charge in [-0.2, -0.15) is 0 Å². The lowest BCUT2D eigenvalue weighted by atomic mass is 9.71. The van der Waals surface area contributed by atoms with Crippen LogP contribution in [-0.4, -0.2) is 5.78 Å². The Kier molecular flexibility index (Phi) is 3.72. The third-order valence-electron chi connectivity index (χ3n) is 5.22. The molecule has 0 bridgehead atoms. The van der Waals surface area contributed by atoms with Crippen molar-refractivity contribution < 1.29 is 4.79 Å². The molecule has 0 heterocycles. The fourth-order valence-electron chi connectivity index (χ4n) is 3.91. The third kappa shape index (κ3) is 2.61. The minimum absolute atomic E-state index is 0.367. The topological polar surface area (TPSA) is 17.1 Å². The van der Waals surface area contributed by atoms with Gasteiger partial charge in [0, 0.05) is 12.3 Å². The van der Waals surface area contributed by atoms with Crippen molar-refractivity contribution in [2.45, 2.75) is 57.8 Å². The summed E-state index contributed by atoms with van der Waals surface area (Å²) >= 11 is 0. The summed E-state index contributed by atoms with van der Waals surface area (Å²) < 4.78 is 0. The second-order valence-corrected chi connectivity index (χ2v) is 6.41. The van der Waals surface area contributed by atoms with Crippen LogP contribution in [0.15, 0.2) is 24.3 Å². The van der Waals surface area contributed by atoms with Crippen LogP contribution in [0, 0.1) is 11.8 Å². The van der Waals surface area contributed by atoms with E-state index in [1.165, 1.54) is 30.4 Å². The number of carbonyl (C=O) groups is 1. The van der Waals surface area contributed by atoms with Crippen molar-refractivity contribution in [2.75, 3.05) is 0 Å². The second kappa shape index (κ2) is 5.48. The molecule has 0 N–H and O–H groups in total. The van der Waals surface area contributed by atoms with E-state index < -0.39 is 0 Å². The first-order chi connectivity index (χ1) is 9.28. The van der Waals surface area contributed by atoms with E-state index >= 15 is 0 Å². The number of carbonyl (C=O) groups excluding carboxylic acids is 1. The molecule has 19 heavy (non-hydrogen) atoms. The summed E-state index contributed by atoms with van der Waals surface area (Å²) in [4.78, 5) is 12.5. The van der Waals surface area contributed by atoms with Crippen LogP contribution in [0.1, 0.15) is 62.5 Å². The molecular weight excluding hydrogens is 232 g/mol. The van der Waals surface area contributed by atoms with Gasteiger partial charge in [-0.05, 0) is 42.2 Å². The van der Waals surface area contributed by atoms with E-state index in [9.17, 15) is 4.79 Å². The molecule has 3 rings (SSSR count). The lowest BCUT2D eigenvalue weighted by molar-refractivity contribution is -0.124. The summed E-state index contributed by atoms with van der Waals surface area (Å²) in [7, 11) is 0. The van der Waals surface area contributed by atoms with Gasteiger partial charge in [-0.3, -0.25) is 4.79 Å². The average molecular weight is 256 g/mol. The Labute approximate surface area is 116 Å². The Hall–Kier alpha value is -1.11. The molecule has 0 radical (unpaired) electrons. The predicted molar refractivity (Wildman–Crippen MR) is 78.3 cm³/mol. The van der Waals surface area contributed by atoms with E-state index in [1.54, 1.807) is 0 Å². The van der Waals surface area contributed by atoms with Gasteiger partial charge in [0.1, 0.15) is 5.78 Å². The van der Waals surface area contributed by atoms with Gasteiger partial charge in [-0.25, -0.2) is 0 Å². The molecule has 3 atom stereocenters. The maximum Gasteiger partial charge on any atom is 0.136 e. The Morgan fingerprint density at radius 3 is 2.89 bits per heavy atom. The Morgan fingerprint density at radius 1 is 1.26 bits per heavy atom. The smallest absolute Gasteiger partial charge is 0.136 e. The molecule has 1 aromatic rings. The van der Waals surface area contributed by atoms with Crippen LogP contribution in [0.4, 0.5) is 0 Å². The lowest BCUT2D eigenvalue weighted by Gasteiger charge is -2.32. The first kappa shape index (κ1) is 12.9. The molecule has 0 aliphatic heterocycles. The average Bonchev–Trinajstić information content (AvgIpc) is 2.44. The van der Waals surface area contributed by atoms with E-state index in [0.29, 0.717) is 17.6 Å². The van der Waals surface area contributed by atoms with E-state index in [2.05, 4.69) is 31.2 Å². The van der Waals surface area contributed by atoms with E-state index in [0.717, 1.165) is 31.6 Å².